The second-order valence-corrected chi connectivity index (χ2v) is 24.1. The molecule has 0 spiro atoms. The predicted molar refractivity (Wildman–Crippen MR) is 256 cm³/mol. The van der Waals surface area contributed by atoms with Gasteiger partial charge >= 0.3 is 5.97 Å². The second kappa shape index (κ2) is 28.1. The van der Waals surface area contributed by atoms with Crippen molar-refractivity contribution in [2.45, 2.75) is 184 Å². The average Bonchev–Trinajstić information content (AvgIpc) is 3.12. The summed E-state index contributed by atoms with van der Waals surface area (Å²) in [6.45, 7) is 37.0. The van der Waals surface area contributed by atoms with Crippen LogP contribution in [0.4, 0.5) is 0 Å². The molecule has 348 valence electrons. The van der Waals surface area contributed by atoms with Gasteiger partial charge in [0.05, 0.1) is 18.6 Å². The number of nitrogens with zero attached hydrogens (tertiary/aromatic N) is 2. The number of rotatable bonds is 20. The van der Waals surface area contributed by atoms with Gasteiger partial charge in [-0.15, -0.1) is 0 Å². The largest absolute Gasteiger partial charge is 0.519 e. The quantitative estimate of drug-likeness (QED) is 0.0560. The van der Waals surface area contributed by atoms with Gasteiger partial charge in [0.25, 0.3) is 14.3 Å². The van der Waals surface area contributed by atoms with Crippen LogP contribution in [0.5, 0.6) is 0 Å². The molecule has 0 N–H and O–H groups in total. The van der Waals surface area contributed by atoms with E-state index in [0.717, 1.165) is 25.9 Å². The van der Waals surface area contributed by atoms with Crippen molar-refractivity contribution in [2.75, 3.05) is 35.4 Å². The zero-order valence-electron chi connectivity index (χ0n) is 41.2. The van der Waals surface area contributed by atoms with E-state index < -0.39 is 13.9 Å². The van der Waals surface area contributed by atoms with Crippen LogP contribution < -0.4 is 0 Å². The average molecular weight is 861 g/mol. The van der Waals surface area contributed by atoms with Crippen molar-refractivity contribution in [3.63, 3.8) is 0 Å². The first-order valence-corrected chi connectivity index (χ1v) is 24.4. The van der Waals surface area contributed by atoms with E-state index in [0.29, 0.717) is 17.8 Å². The van der Waals surface area contributed by atoms with Gasteiger partial charge in [0, 0.05) is 40.5 Å². The summed E-state index contributed by atoms with van der Waals surface area (Å²) in [5.41, 5.74) is 1.85. The van der Waals surface area contributed by atoms with Crippen LogP contribution in [0.1, 0.15) is 128 Å². The van der Waals surface area contributed by atoms with Crippen LogP contribution in [0.15, 0.2) is 73.2 Å². The lowest BCUT2D eigenvalue weighted by Gasteiger charge is -2.38. The molecule has 0 saturated heterocycles. The Morgan fingerprint density at radius 2 is 1.05 bits per heavy atom. The van der Waals surface area contributed by atoms with E-state index in [2.05, 4.69) is 141 Å². The minimum Gasteiger partial charge on any atom is -0.519 e. The molecule has 0 aliphatic heterocycles. The zero-order chi connectivity index (χ0) is 45.8. The summed E-state index contributed by atoms with van der Waals surface area (Å²) >= 11 is 0. The molecule has 60 heavy (non-hydrogen) atoms. The molecule has 10 heteroatoms. The molecule has 0 radical (unpaired) electrons. The maximum absolute atomic E-state index is 12.3. The van der Waals surface area contributed by atoms with E-state index in [9.17, 15) is 4.79 Å². The van der Waals surface area contributed by atoms with Gasteiger partial charge in [-0.05, 0) is 103 Å². The minimum atomic E-state index is -1.79. The summed E-state index contributed by atoms with van der Waals surface area (Å²) in [6, 6.07) is 21.3. The molecule has 2 aromatic rings. The first-order valence-electron chi connectivity index (χ1n) is 21.5. The highest BCUT2D eigenvalue weighted by atomic mass is 28.4. The highest BCUT2D eigenvalue weighted by molar-refractivity contribution is 6.74. The third kappa shape index (κ3) is 23.5. The molecule has 0 aliphatic rings. The van der Waals surface area contributed by atoms with Crippen molar-refractivity contribution >= 4 is 14.3 Å². The van der Waals surface area contributed by atoms with Gasteiger partial charge in [-0.3, -0.25) is 14.6 Å². The molecule has 9 nitrogen and oxygen atoms in total. The van der Waals surface area contributed by atoms with Crippen LogP contribution in [0.3, 0.4) is 0 Å². The molecule has 0 heterocycles. The van der Waals surface area contributed by atoms with Gasteiger partial charge in [0.1, 0.15) is 11.2 Å². The predicted octanol–water partition coefficient (Wildman–Crippen LogP) is 12.4. The van der Waals surface area contributed by atoms with Crippen molar-refractivity contribution in [1.29, 1.82) is 0 Å². The number of ether oxygens (including phenoxy) is 5. The monoisotopic (exact) mass is 861 g/mol. The molecule has 5 atom stereocenters. The first kappa shape index (κ1) is 59.4. The molecule has 2 aromatic carbocycles. The molecule has 0 saturated carbocycles. The summed E-state index contributed by atoms with van der Waals surface area (Å²) in [7, 11) is 7.54. The Hall–Kier alpha value is -2.73. The van der Waals surface area contributed by atoms with Gasteiger partial charge in [-0.25, -0.2) is 0 Å². The van der Waals surface area contributed by atoms with E-state index in [1.54, 1.807) is 21.3 Å². The summed E-state index contributed by atoms with van der Waals surface area (Å²) < 4.78 is 33.7. The Balaban J connectivity index is 0. The van der Waals surface area contributed by atoms with Crippen LogP contribution in [-0.4, -0.2) is 95.2 Å². The number of benzene rings is 2. The van der Waals surface area contributed by atoms with Gasteiger partial charge in [-0.2, -0.15) is 0 Å². The van der Waals surface area contributed by atoms with Gasteiger partial charge in [0.15, 0.2) is 6.29 Å². The van der Waals surface area contributed by atoms with Crippen LogP contribution in [-0.2, 0) is 46.0 Å². The lowest BCUT2D eigenvalue weighted by Crippen LogP contribution is -2.47. The summed E-state index contributed by atoms with van der Waals surface area (Å²) in [4.78, 5) is 16.9. The topological polar surface area (TPSA) is 78.9 Å². The van der Waals surface area contributed by atoms with Crippen molar-refractivity contribution in [2.24, 2.45) is 11.8 Å². The zero-order valence-corrected chi connectivity index (χ0v) is 42.2. The summed E-state index contributed by atoms with van der Waals surface area (Å²) in [5, 5.41) is 0.178. The maximum Gasteiger partial charge on any atom is 0.309 e. The molecule has 0 fully saturated rings. The van der Waals surface area contributed by atoms with E-state index in [1.807, 2.05) is 53.7 Å². The molecular weight excluding hydrogens is 769 g/mol. The Morgan fingerprint density at radius 1 is 0.667 bits per heavy atom. The van der Waals surface area contributed by atoms with Crippen LogP contribution in [0, 0.1) is 11.8 Å². The number of carbonyl (C=O) groups is 1. The van der Waals surface area contributed by atoms with Crippen LogP contribution in [0.2, 0.25) is 18.1 Å². The highest BCUT2D eigenvalue weighted by Gasteiger charge is 2.40. The minimum absolute atomic E-state index is 0. The Morgan fingerprint density at radius 3 is 1.38 bits per heavy atom. The number of hydrogen-bond acceptors (Lipinski definition) is 9. The Labute approximate surface area is 371 Å². The molecule has 0 aromatic heterocycles. The van der Waals surface area contributed by atoms with Gasteiger partial charge in [0.2, 0.25) is 0 Å². The number of esters is 1. The maximum atomic E-state index is 12.3. The normalized spacial score (nSPS) is 14.7. The molecule has 0 bridgehead atoms. The van der Waals surface area contributed by atoms with E-state index in [1.165, 1.54) is 11.1 Å². The molecule has 0 unspecified atom stereocenters. The van der Waals surface area contributed by atoms with Gasteiger partial charge in [-0.1, -0.05) is 129 Å². The molecule has 0 aliphatic carbocycles. The second-order valence-electron chi connectivity index (χ2n) is 19.4. The fourth-order valence-corrected chi connectivity index (χ4v) is 7.41. The lowest BCUT2D eigenvalue weighted by atomic mass is 9.91. The van der Waals surface area contributed by atoms with Gasteiger partial charge < -0.3 is 28.1 Å². The Kier molecular flexibility index (Phi) is 27.8. The van der Waals surface area contributed by atoms with Crippen molar-refractivity contribution < 1.29 is 32.9 Å². The standard InChI is InChI=1S/C21H35NO3.C16H27NO2.C12H26O2Si.CH4/c1-8-16(2)20(22(6)15-17-12-10-9-11-13-17)18(24-7)14-19(23)25-21(3,4)5;1-6-13(2)15(16(18-4)19-5)17(3)12-14-10-8-7-9-11-14;1-10(13-11(2,3)4)14-15(8,9)12(5,6)7;/h9-13,16,18,20H,8,14-15H2,1-7H3;7-11,13,15-16H,6,12H2,1-5H3;1H2,2-9H3;1H4/t16-,18+,20-;13-,15-;;/m00../s1. The fraction of sp³-hybridized carbons (Fsp3) is 0.700. The van der Waals surface area contributed by atoms with Crippen molar-refractivity contribution in [3.8, 4) is 0 Å². The van der Waals surface area contributed by atoms with Crippen molar-refractivity contribution in [1.82, 2.24) is 9.80 Å². The van der Waals surface area contributed by atoms with E-state index in [-0.39, 0.29) is 54.9 Å². The third-order valence-corrected chi connectivity index (χ3v) is 15.2. The first-order chi connectivity index (χ1) is 27.2. The lowest BCUT2D eigenvalue weighted by molar-refractivity contribution is -0.159. The molecule has 0 amide bonds. The number of hydrogen-bond donors (Lipinski definition) is 0. The van der Waals surface area contributed by atoms with E-state index in [4.69, 9.17) is 28.1 Å². The fourth-order valence-electron chi connectivity index (χ4n) is 6.50. The SMILES string of the molecule is C.C=C(OC(C)(C)C)O[Si](C)(C)C(C)(C)C.CC[C@H](C)[C@@H](C(OC)OC)N(C)Cc1ccccc1.CC[C@H](C)[C@@H]([C@@H](CC(=O)OC(C)(C)C)OC)N(C)Cc1ccccc1. The Bertz CT molecular complexity index is 1420. The van der Waals surface area contributed by atoms with E-state index >= 15 is 0 Å². The molecule has 2 rings (SSSR count). The third-order valence-electron chi connectivity index (χ3n) is 10.8. The summed E-state index contributed by atoms with van der Waals surface area (Å²) in [5.74, 6) is 1.16. The summed E-state index contributed by atoms with van der Waals surface area (Å²) in [6.07, 6.45) is 2.01. The molecular formula is C50H92N2O7Si. The smallest absolute Gasteiger partial charge is 0.309 e. The number of carbonyl (C=O) groups excluding carboxylic acids is 1. The van der Waals surface area contributed by atoms with Crippen LogP contribution >= 0.6 is 0 Å². The highest BCUT2D eigenvalue weighted by Crippen LogP contribution is 2.38. The number of likely N-dealkylation sites (N-methyl/N-ethyl adjacent to an activating group) is 2. The van der Waals surface area contributed by atoms with Crippen molar-refractivity contribution in [3.05, 3.63) is 84.3 Å². The number of methoxy groups -OCH3 is 3. The van der Waals surface area contributed by atoms with Crippen LogP contribution in [0.25, 0.3) is 0 Å².